The van der Waals surface area contributed by atoms with Gasteiger partial charge in [-0.2, -0.15) is 5.10 Å². The van der Waals surface area contributed by atoms with Gasteiger partial charge in [0.25, 0.3) is 5.91 Å². The summed E-state index contributed by atoms with van der Waals surface area (Å²) in [6.45, 7) is 0.801. The highest BCUT2D eigenvalue weighted by Crippen LogP contribution is 2.17. The Labute approximate surface area is 174 Å². The van der Waals surface area contributed by atoms with Gasteiger partial charge in [0.2, 0.25) is 0 Å². The number of ether oxygens (including phenoxy) is 1. The Morgan fingerprint density at radius 2 is 1.93 bits per heavy atom. The second-order valence-electron chi connectivity index (χ2n) is 7.00. The van der Waals surface area contributed by atoms with Crippen molar-refractivity contribution >= 4 is 28.1 Å². The first-order chi connectivity index (χ1) is 13.7. The number of benzene rings is 2. The lowest BCUT2D eigenvalue weighted by Gasteiger charge is -2.22. The number of hydrazone groups is 1. The lowest BCUT2D eigenvalue weighted by molar-refractivity contribution is -0.120. The minimum absolute atomic E-state index is 0.121. The van der Waals surface area contributed by atoms with E-state index in [1.807, 2.05) is 48.5 Å². The molecule has 148 valence electrons. The van der Waals surface area contributed by atoms with Gasteiger partial charge < -0.3 is 10.1 Å². The number of halogens is 1. The van der Waals surface area contributed by atoms with E-state index in [2.05, 4.69) is 31.8 Å². The van der Waals surface area contributed by atoms with Crippen LogP contribution in [0.3, 0.4) is 0 Å². The van der Waals surface area contributed by atoms with Crippen LogP contribution in [0.1, 0.15) is 43.2 Å². The largest absolute Gasteiger partial charge is 0.489 e. The van der Waals surface area contributed by atoms with Crippen LogP contribution < -0.4 is 15.5 Å². The molecule has 1 amide bonds. The molecule has 0 aromatic heterocycles. The van der Waals surface area contributed by atoms with Gasteiger partial charge in [-0.1, -0.05) is 59.5 Å². The molecule has 5 nitrogen and oxygen atoms in total. The zero-order chi connectivity index (χ0) is 19.6. The standard InChI is InChI=1S/C22H26BrN3O2/c23-19-11-9-17(10-12-19)16-28-21-8-4-5-18(13-21)14-25-26-22(27)15-24-20-6-2-1-3-7-20/h4-5,8-14,20,24H,1-3,6-7,15-16H2,(H,26,27)/b25-14-. The summed E-state index contributed by atoms with van der Waals surface area (Å²) < 4.78 is 6.88. The number of nitrogens with one attached hydrogen (secondary N) is 2. The third-order valence-electron chi connectivity index (χ3n) is 4.74. The van der Waals surface area contributed by atoms with Crippen LogP contribution in [0, 0.1) is 0 Å². The molecule has 0 unspecified atom stereocenters. The fraction of sp³-hybridized carbons (Fsp3) is 0.364. The van der Waals surface area contributed by atoms with Gasteiger partial charge in [-0.05, 0) is 48.2 Å². The molecule has 0 saturated heterocycles. The third-order valence-corrected chi connectivity index (χ3v) is 5.26. The molecule has 1 fully saturated rings. The molecular formula is C22H26BrN3O2. The predicted molar refractivity (Wildman–Crippen MR) is 116 cm³/mol. The monoisotopic (exact) mass is 443 g/mol. The van der Waals surface area contributed by atoms with Crippen LogP contribution in [0.5, 0.6) is 5.75 Å². The van der Waals surface area contributed by atoms with Gasteiger partial charge in [0.1, 0.15) is 12.4 Å². The second kappa shape index (κ2) is 11.0. The zero-order valence-corrected chi connectivity index (χ0v) is 17.5. The van der Waals surface area contributed by atoms with E-state index in [0.717, 1.165) is 34.2 Å². The van der Waals surface area contributed by atoms with Crippen LogP contribution in [0.15, 0.2) is 58.1 Å². The van der Waals surface area contributed by atoms with Crippen LogP contribution in [0.25, 0.3) is 0 Å². The average Bonchev–Trinajstić information content (AvgIpc) is 2.73. The summed E-state index contributed by atoms with van der Waals surface area (Å²) in [4.78, 5) is 11.9. The van der Waals surface area contributed by atoms with E-state index in [0.29, 0.717) is 19.2 Å². The average molecular weight is 444 g/mol. The second-order valence-corrected chi connectivity index (χ2v) is 7.91. The van der Waals surface area contributed by atoms with E-state index in [9.17, 15) is 4.79 Å². The molecule has 6 heteroatoms. The first-order valence-corrected chi connectivity index (χ1v) is 10.5. The Kier molecular flexibility index (Phi) is 8.06. The lowest BCUT2D eigenvalue weighted by Crippen LogP contribution is -2.38. The SMILES string of the molecule is O=C(CNC1CCCCC1)N/N=C\c1cccc(OCc2ccc(Br)cc2)c1. The highest BCUT2D eigenvalue weighted by atomic mass is 79.9. The maximum atomic E-state index is 11.9. The van der Waals surface area contributed by atoms with Gasteiger partial charge in [-0.3, -0.25) is 4.79 Å². The summed E-state index contributed by atoms with van der Waals surface area (Å²) in [5.41, 5.74) is 4.54. The van der Waals surface area contributed by atoms with E-state index >= 15 is 0 Å². The van der Waals surface area contributed by atoms with Crippen molar-refractivity contribution in [2.24, 2.45) is 5.10 Å². The fourth-order valence-corrected chi connectivity index (χ4v) is 3.46. The Hall–Kier alpha value is -2.18. The Morgan fingerprint density at radius 1 is 1.14 bits per heavy atom. The molecule has 2 aromatic rings. The highest BCUT2D eigenvalue weighted by Gasteiger charge is 2.13. The van der Waals surface area contributed by atoms with Crippen molar-refractivity contribution in [3.63, 3.8) is 0 Å². The first kappa shape index (κ1) is 20.6. The maximum Gasteiger partial charge on any atom is 0.254 e. The Balaban J connectivity index is 1.42. The van der Waals surface area contributed by atoms with Gasteiger partial charge >= 0.3 is 0 Å². The molecule has 0 aliphatic heterocycles. The summed E-state index contributed by atoms with van der Waals surface area (Å²) >= 11 is 3.43. The van der Waals surface area contributed by atoms with Crippen molar-refractivity contribution in [2.75, 3.05) is 6.54 Å². The van der Waals surface area contributed by atoms with Crippen LogP contribution >= 0.6 is 15.9 Å². The molecule has 2 N–H and O–H groups in total. The van der Waals surface area contributed by atoms with E-state index in [1.54, 1.807) is 6.21 Å². The molecule has 0 heterocycles. The van der Waals surface area contributed by atoms with Crippen molar-refractivity contribution in [2.45, 2.75) is 44.8 Å². The lowest BCUT2D eigenvalue weighted by atomic mass is 9.95. The van der Waals surface area contributed by atoms with Gasteiger partial charge in [-0.25, -0.2) is 5.43 Å². The van der Waals surface area contributed by atoms with Gasteiger partial charge in [0.05, 0.1) is 12.8 Å². The molecule has 1 aliphatic rings. The number of nitrogens with zero attached hydrogens (tertiary/aromatic N) is 1. The van der Waals surface area contributed by atoms with E-state index in [4.69, 9.17) is 4.74 Å². The molecule has 3 rings (SSSR count). The van der Waals surface area contributed by atoms with Crippen LogP contribution in [-0.4, -0.2) is 24.7 Å². The smallest absolute Gasteiger partial charge is 0.254 e. The summed E-state index contributed by atoms with van der Waals surface area (Å²) in [5, 5.41) is 7.36. The quantitative estimate of drug-likeness (QED) is 0.469. The number of hydrogen-bond acceptors (Lipinski definition) is 4. The number of rotatable bonds is 8. The predicted octanol–water partition coefficient (Wildman–Crippen LogP) is 4.40. The molecule has 2 aromatic carbocycles. The molecule has 0 atom stereocenters. The molecule has 0 radical (unpaired) electrons. The molecular weight excluding hydrogens is 418 g/mol. The molecule has 0 bridgehead atoms. The Morgan fingerprint density at radius 3 is 2.71 bits per heavy atom. The van der Waals surface area contributed by atoms with Gasteiger partial charge in [-0.15, -0.1) is 0 Å². The number of amides is 1. The molecule has 1 saturated carbocycles. The van der Waals surface area contributed by atoms with E-state index in [-0.39, 0.29) is 5.91 Å². The minimum atomic E-state index is -0.121. The topological polar surface area (TPSA) is 62.7 Å². The van der Waals surface area contributed by atoms with Crippen molar-refractivity contribution in [1.82, 2.24) is 10.7 Å². The molecule has 0 spiro atoms. The fourth-order valence-electron chi connectivity index (χ4n) is 3.19. The van der Waals surface area contributed by atoms with Crippen LogP contribution in [0.4, 0.5) is 0 Å². The Bertz CT molecular complexity index is 787. The third kappa shape index (κ3) is 7.09. The number of hydrogen-bond donors (Lipinski definition) is 2. The van der Waals surface area contributed by atoms with Crippen molar-refractivity contribution in [3.05, 3.63) is 64.1 Å². The van der Waals surface area contributed by atoms with E-state index < -0.39 is 0 Å². The van der Waals surface area contributed by atoms with Gasteiger partial charge in [0, 0.05) is 10.5 Å². The first-order valence-electron chi connectivity index (χ1n) is 9.71. The van der Waals surface area contributed by atoms with Gasteiger partial charge in [0.15, 0.2) is 0 Å². The summed E-state index contributed by atoms with van der Waals surface area (Å²) in [5.74, 6) is 0.640. The highest BCUT2D eigenvalue weighted by molar-refractivity contribution is 9.10. The van der Waals surface area contributed by atoms with Crippen LogP contribution in [-0.2, 0) is 11.4 Å². The minimum Gasteiger partial charge on any atom is -0.489 e. The number of carbonyl (C=O) groups excluding carboxylic acids is 1. The maximum absolute atomic E-state index is 11.9. The zero-order valence-electron chi connectivity index (χ0n) is 15.9. The summed E-state index contributed by atoms with van der Waals surface area (Å²) in [6, 6.07) is 16.1. The van der Waals surface area contributed by atoms with E-state index in [1.165, 1.54) is 19.3 Å². The van der Waals surface area contributed by atoms with Crippen LogP contribution in [0.2, 0.25) is 0 Å². The van der Waals surface area contributed by atoms with Crippen molar-refractivity contribution in [3.8, 4) is 5.75 Å². The molecule has 1 aliphatic carbocycles. The van der Waals surface area contributed by atoms with Crippen molar-refractivity contribution < 1.29 is 9.53 Å². The number of carbonyl (C=O) groups is 1. The summed E-state index contributed by atoms with van der Waals surface area (Å²) in [6.07, 6.45) is 7.74. The summed E-state index contributed by atoms with van der Waals surface area (Å²) in [7, 11) is 0. The molecule has 28 heavy (non-hydrogen) atoms. The van der Waals surface area contributed by atoms with Crippen molar-refractivity contribution in [1.29, 1.82) is 0 Å². The normalized spacial score (nSPS) is 14.9.